The summed E-state index contributed by atoms with van der Waals surface area (Å²) in [6.45, 7) is 3.10. The highest BCUT2D eigenvalue weighted by molar-refractivity contribution is 5.96. The average molecular weight is 252 g/mol. The molecule has 1 heterocycles. The Morgan fingerprint density at radius 3 is 3.11 bits per heavy atom. The lowest BCUT2D eigenvalue weighted by Gasteiger charge is -2.14. The molecule has 1 atom stereocenters. The van der Waals surface area contributed by atoms with E-state index in [1.54, 1.807) is 0 Å². The summed E-state index contributed by atoms with van der Waals surface area (Å²) in [4.78, 5) is 11.9. The van der Waals surface area contributed by atoms with Gasteiger partial charge in [-0.1, -0.05) is 0 Å². The van der Waals surface area contributed by atoms with Gasteiger partial charge in [0.05, 0.1) is 18.3 Å². The molecule has 0 aliphatic carbocycles. The first-order valence-corrected chi connectivity index (χ1v) is 6.17. The molecule has 1 aromatic rings. The summed E-state index contributed by atoms with van der Waals surface area (Å²) in [5.74, 6) is -0.112. The van der Waals surface area contributed by atoms with Crippen molar-refractivity contribution >= 4 is 11.6 Å². The monoisotopic (exact) mass is 252 g/mol. The molecule has 0 saturated carbocycles. The zero-order valence-corrected chi connectivity index (χ0v) is 10.3. The number of amides is 1. The standard InChI is InChI=1S/C13H17FN2O2/c1-2-18-12-8-9(14)5-6-10(12)16-13(17)11-4-3-7-15-11/h5-6,8,11,15H,2-4,7H2,1H3,(H,16,17)/t11-/m0/s1. The Morgan fingerprint density at radius 1 is 1.61 bits per heavy atom. The topological polar surface area (TPSA) is 50.4 Å². The van der Waals surface area contributed by atoms with Crippen molar-refractivity contribution in [2.45, 2.75) is 25.8 Å². The normalized spacial score (nSPS) is 18.7. The number of hydrogen-bond acceptors (Lipinski definition) is 3. The molecule has 1 amide bonds. The number of carbonyl (C=O) groups excluding carboxylic acids is 1. The minimum absolute atomic E-state index is 0.0972. The number of halogens is 1. The van der Waals surface area contributed by atoms with Gasteiger partial charge in [0.15, 0.2) is 0 Å². The van der Waals surface area contributed by atoms with Crippen LogP contribution in [0.5, 0.6) is 5.75 Å². The Morgan fingerprint density at radius 2 is 2.44 bits per heavy atom. The van der Waals surface area contributed by atoms with Crippen molar-refractivity contribution in [2.24, 2.45) is 0 Å². The number of ether oxygens (including phenoxy) is 1. The van der Waals surface area contributed by atoms with Gasteiger partial charge in [0.1, 0.15) is 11.6 Å². The summed E-state index contributed by atoms with van der Waals surface area (Å²) in [6.07, 6.45) is 1.83. The Balaban J connectivity index is 2.09. The van der Waals surface area contributed by atoms with Gasteiger partial charge in [-0.3, -0.25) is 4.79 Å². The van der Waals surface area contributed by atoms with Crippen molar-refractivity contribution < 1.29 is 13.9 Å². The van der Waals surface area contributed by atoms with E-state index in [1.807, 2.05) is 6.92 Å². The van der Waals surface area contributed by atoms with E-state index in [9.17, 15) is 9.18 Å². The van der Waals surface area contributed by atoms with E-state index < -0.39 is 0 Å². The third kappa shape index (κ3) is 2.98. The molecule has 5 heteroatoms. The van der Waals surface area contributed by atoms with E-state index in [0.29, 0.717) is 18.0 Å². The van der Waals surface area contributed by atoms with Gasteiger partial charge in [0.2, 0.25) is 5.91 Å². The van der Waals surface area contributed by atoms with Crippen LogP contribution in [0.25, 0.3) is 0 Å². The molecule has 4 nitrogen and oxygen atoms in total. The number of carbonyl (C=O) groups is 1. The van der Waals surface area contributed by atoms with Gasteiger partial charge in [0.25, 0.3) is 0 Å². The SMILES string of the molecule is CCOc1cc(F)ccc1NC(=O)[C@@H]1CCCN1. The number of rotatable bonds is 4. The second-order valence-electron chi connectivity index (χ2n) is 4.21. The van der Waals surface area contributed by atoms with Gasteiger partial charge >= 0.3 is 0 Å². The van der Waals surface area contributed by atoms with Crippen LogP contribution in [-0.2, 0) is 4.79 Å². The molecule has 0 bridgehead atoms. The molecular formula is C13H17FN2O2. The molecule has 18 heavy (non-hydrogen) atoms. The fourth-order valence-corrected chi connectivity index (χ4v) is 2.00. The van der Waals surface area contributed by atoms with E-state index in [4.69, 9.17) is 4.74 Å². The zero-order chi connectivity index (χ0) is 13.0. The van der Waals surface area contributed by atoms with Gasteiger partial charge in [-0.2, -0.15) is 0 Å². The predicted molar refractivity (Wildman–Crippen MR) is 67.2 cm³/mol. The predicted octanol–water partition coefficient (Wildman–Crippen LogP) is 1.91. The largest absolute Gasteiger partial charge is 0.492 e. The van der Waals surface area contributed by atoms with E-state index >= 15 is 0 Å². The van der Waals surface area contributed by atoms with E-state index in [-0.39, 0.29) is 17.8 Å². The number of hydrogen-bond donors (Lipinski definition) is 2. The van der Waals surface area contributed by atoms with Crippen molar-refractivity contribution in [3.8, 4) is 5.75 Å². The third-order valence-electron chi connectivity index (χ3n) is 2.88. The maximum Gasteiger partial charge on any atom is 0.241 e. The van der Waals surface area contributed by atoms with Crippen LogP contribution in [0.1, 0.15) is 19.8 Å². The summed E-state index contributed by atoms with van der Waals surface area (Å²) in [5.41, 5.74) is 0.511. The molecule has 2 rings (SSSR count). The number of anilines is 1. The Kier molecular flexibility index (Phi) is 4.15. The first-order valence-electron chi connectivity index (χ1n) is 6.17. The van der Waals surface area contributed by atoms with Crippen molar-refractivity contribution in [1.29, 1.82) is 0 Å². The highest BCUT2D eigenvalue weighted by Gasteiger charge is 2.22. The lowest BCUT2D eigenvalue weighted by atomic mass is 10.2. The van der Waals surface area contributed by atoms with Crippen molar-refractivity contribution in [2.75, 3.05) is 18.5 Å². The average Bonchev–Trinajstić information content (AvgIpc) is 2.86. The van der Waals surface area contributed by atoms with Gasteiger partial charge in [-0.15, -0.1) is 0 Å². The quantitative estimate of drug-likeness (QED) is 0.860. The maximum absolute atomic E-state index is 13.1. The zero-order valence-electron chi connectivity index (χ0n) is 10.3. The number of nitrogens with one attached hydrogen (secondary N) is 2. The highest BCUT2D eigenvalue weighted by atomic mass is 19.1. The molecule has 1 aromatic carbocycles. The fourth-order valence-electron chi connectivity index (χ4n) is 2.00. The molecule has 0 spiro atoms. The van der Waals surface area contributed by atoms with Crippen LogP contribution in [0.4, 0.5) is 10.1 Å². The molecule has 0 radical (unpaired) electrons. The minimum Gasteiger partial charge on any atom is -0.492 e. The summed E-state index contributed by atoms with van der Waals surface area (Å²) in [6, 6.07) is 3.94. The van der Waals surface area contributed by atoms with Crippen molar-refractivity contribution in [3.63, 3.8) is 0 Å². The van der Waals surface area contributed by atoms with Gasteiger partial charge in [-0.25, -0.2) is 4.39 Å². The van der Waals surface area contributed by atoms with Gasteiger partial charge in [0, 0.05) is 6.07 Å². The summed E-state index contributed by atoms with van der Waals surface area (Å²) in [5, 5.41) is 5.88. The molecule has 98 valence electrons. The minimum atomic E-state index is -0.379. The Bertz CT molecular complexity index is 431. The van der Waals surface area contributed by atoms with Crippen LogP contribution in [0.3, 0.4) is 0 Å². The summed E-state index contributed by atoms with van der Waals surface area (Å²) >= 11 is 0. The second kappa shape index (κ2) is 5.82. The molecular weight excluding hydrogens is 235 g/mol. The first-order chi connectivity index (χ1) is 8.70. The van der Waals surface area contributed by atoms with Crippen LogP contribution in [-0.4, -0.2) is 25.1 Å². The van der Waals surface area contributed by atoms with E-state index in [1.165, 1.54) is 18.2 Å². The highest BCUT2D eigenvalue weighted by Crippen LogP contribution is 2.26. The van der Waals surface area contributed by atoms with Crippen LogP contribution >= 0.6 is 0 Å². The lowest BCUT2D eigenvalue weighted by Crippen LogP contribution is -2.35. The lowest BCUT2D eigenvalue weighted by molar-refractivity contribution is -0.117. The third-order valence-corrected chi connectivity index (χ3v) is 2.88. The summed E-state index contributed by atoms with van der Waals surface area (Å²) < 4.78 is 18.4. The van der Waals surface area contributed by atoms with Crippen LogP contribution in [0.2, 0.25) is 0 Å². The van der Waals surface area contributed by atoms with E-state index in [2.05, 4.69) is 10.6 Å². The molecule has 1 fully saturated rings. The summed E-state index contributed by atoms with van der Waals surface area (Å²) in [7, 11) is 0. The van der Waals surface area contributed by atoms with Crippen LogP contribution in [0.15, 0.2) is 18.2 Å². The molecule has 0 aromatic heterocycles. The van der Waals surface area contributed by atoms with Crippen LogP contribution < -0.4 is 15.4 Å². The maximum atomic E-state index is 13.1. The molecule has 1 saturated heterocycles. The van der Waals surface area contributed by atoms with Gasteiger partial charge < -0.3 is 15.4 Å². The molecule has 1 aliphatic rings. The van der Waals surface area contributed by atoms with Crippen LogP contribution in [0, 0.1) is 5.82 Å². The first kappa shape index (κ1) is 12.8. The van der Waals surface area contributed by atoms with Crippen molar-refractivity contribution in [3.05, 3.63) is 24.0 Å². The Hall–Kier alpha value is -1.62. The Labute approximate surface area is 106 Å². The molecule has 1 aliphatic heterocycles. The molecule has 0 unspecified atom stereocenters. The second-order valence-corrected chi connectivity index (χ2v) is 4.21. The van der Waals surface area contributed by atoms with Gasteiger partial charge in [-0.05, 0) is 38.4 Å². The smallest absolute Gasteiger partial charge is 0.241 e. The fraction of sp³-hybridized carbons (Fsp3) is 0.462. The van der Waals surface area contributed by atoms with Crippen molar-refractivity contribution in [1.82, 2.24) is 5.32 Å². The number of benzene rings is 1. The molecule has 2 N–H and O–H groups in total. The van der Waals surface area contributed by atoms with E-state index in [0.717, 1.165) is 19.4 Å².